The van der Waals surface area contributed by atoms with Crippen molar-refractivity contribution in [3.8, 4) is 0 Å². The number of amides is 2. The average Bonchev–Trinajstić information content (AvgIpc) is 3.16. The maximum absolute atomic E-state index is 12.4. The van der Waals surface area contributed by atoms with E-state index in [4.69, 9.17) is 4.52 Å². The second-order valence-electron chi connectivity index (χ2n) is 5.39. The third kappa shape index (κ3) is 3.10. The molecule has 2 aromatic rings. The van der Waals surface area contributed by atoms with Gasteiger partial charge in [-0.25, -0.2) is 4.79 Å². The highest BCUT2D eigenvalue weighted by molar-refractivity contribution is 7.11. The molecule has 1 aliphatic heterocycles. The second kappa shape index (κ2) is 5.89. The molecule has 3 rings (SSSR count). The van der Waals surface area contributed by atoms with Gasteiger partial charge in [0, 0.05) is 22.4 Å². The molecule has 0 aromatic carbocycles. The standard InChI is InChI=1S/C15H19N3O2S/c1-10-8-14(20-17-10)13-4-3-7-18(13)15(19)16-9-12-6-5-11(2)21-12/h5-6,8,13H,3-4,7,9H2,1-2H3,(H,16,19). The zero-order valence-corrected chi connectivity index (χ0v) is 13.1. The van der Waals surface area contributed by atoms with Gasteiger partial charge in [0.15, 0.2) is 5.76 Å². The van der Waals surface area contributed by atoms with Crippen molar-refractivity contribution in [1.29, 1.82) is 0 Å². The van der Waals surface area contributed by atoms with E-state index in [0.717, 1.165) is 30.8 Å². The smallest absolute Gasteiger partial charge is 0.318 e. The van der Waals surface area contributed by atoms with Gasteiger partial charge in [-0.05, 0) is 38.8 Å². The molecule has 0 bridgehead atoms. The number of hydrogen-bond acceptors (Lipinski definition) is 4. The first-order valence-corrected chi connectivity index (χ1v) is 7.98. The molecule has 2 amide bonds. The number of likely N-dealkylation sites (tertiary alicyclic amines) is 1. The Labute approximate surface area is 127 Å². The molecule has 0 aliphatic carbocycles. The van der Waals surface area contributed by atoms with Crippen molar-refractivity contribution in [2.75, 3.05) is 6.54 Å². The second-order valence-corrected chi connectivity index (χ2v) is 6.77. The maximum Gasteiger partial charge on any atom is 0.318 e. The molecular weight excluding hydrogens is 286 g/mol. The number of carbonyl (C=O) groups excluding carboxylic acids is 1. The predicted octanol–water partition coefficient (Wildman–Crippen LogP) is 3.40. The molecule has 1 aliphatic rings. The zero-order valence-electron chi connectivity index (χ0n) is 12.3. The Hall–Kier alpha value is -1.82. The summed E-state index contributed by atoms with van der Waals surface area (Å²) in [6, 6.07) is 6.02. The van der Waals surface area contributed by atoms with Gasteiger partial charge in [0.1, 0.15) is 0 Å². The van der Waals surface area contributed by atoms with Gasteiger partial charge in [0.05, 0.1) is 18.3 Å². The van der Waals surface area contributed by atoms with Crippen LogP contribution in [0.4, 0.5) is 4.79 Å². The van der Waals surface area contributed by atoms with Crippen LogP contribution in [0.2, 0.25) is 0 Å². The van der Waals surface area contributed by atoms with Gasteiger partial charge >= 0.3 is 6.03 Å². The SMILES string of the molecule is Cc1cc(C2CCCN2C(=O)NCc2ccc(C)s2)on1. The molecule has 0 saturated carbocycles. The van der Waals surface area contributed by atoms with Crippen LogP contribution in [0.3, 0.4) is 0 Å². The van der Waals surface area contributed by atoms with E-state index in [9.17, 15) is 4.79 Å². The number of nitrogens with one attached hydrogen (secondary N) is 1. The van der Waals surface area contributed by atoms with Crippen LogP contribution >= 0.6 is 11.3 Å². The van der Waals surface area contributed by atoms with Crippen LogP contribution in [0.1, 0.15) is 40.1 Å². The Balaban J connectivity index is 1.63. The summed E-state index contributed by atoms with van der Waals surface area (Å²) in [5, 5.41) is 6.92. The summed E-state index contributed by atoms with van der Waals surface area (Å²) in [5.41, 5.74) is 0.853. The molecule has 112 valence electrons. The highest BCUT2D eigenvalue weighted by Gasteiger charge is 2.32. The summed E-state index contributed by atoms with van der Waals surface area (Å²) in [6.07, 6.45) is 1.93. The molecule has 1 unspecified atom stereocenters. The number of carbonyl (C=O) groups is 1. The molecular formula is C15H19N3O2S. The lowest BCUT2D eigenvalue weighted by atomic mass is 10.1. The van der Waals surface area contributed by atoms with Gasteiger partial charge in [-0.2, -0.15) is 0 Å². The Morgan fingerprint density at radius 3 is 3.05 bits per heavy atom. The van der Waals surface area contributed by atoms with Crippen molar-refractivity contribution in [1.82, 2.24) is 15.4 Å². The van der Waals surface area contributed by atoms with E-state index >= 15 is 0 Å². The summed E-state index contributed by atoms with van der Waals surface area (Å²) >= 11 is 1.71. The van der Waals surface area contributed by atoms with Gasteiger partial charge in [0.2, 0.25) is 0 Å². The van der Waals surface area contributed by atoms with Gasteiger partial charge in [-0.3, -0.25) is 0 Å². The van der Waals surface area contributed by atoms with Gasteiger partial charge in [-0.15, -0.1) is 11.3 Å². The van der Waals surface area contributed by atoms with E-state index in [2.05, 4.69) is 29.5 Å². The fraction of sp³-hybridized carbons (Fsp3) is 0.467. The van der Waals surface area contributed by atoms with Crippen LogP contribution in [0.5, 0.6) is 0 Å². The molecule has 1 atom stereocenters. The number of nitrogens with zero attached hydrogens (tertiary/aromatic N) is 2. The summed E-state index contributed by atoms with van der Waals surface area (Å²) < 4.78 is 5.33. The maximum atomic E-state index is 12.4. The third-order valence-corrected chi connectivity index (χ3v) is 4.70. The van der Waals surface area contributed by atoms with Gasteiger partial charge < -0.3 is 14.7 Å². The fourth-order valence-electron chi connectivity index (χ4n) is 2.69. The minimum atomic E-state index is -0.0300. The molecule has 21 heavy (non-hydrogen) atoms. The van der Waals surface area contributed by atoms with E-state index in [1.807, 2.05) is 17.9 Å². The number of hydrogen-bond donors (Lipinski definition) is 1. The van der Waals surface area contributed by atoms with Crippen LogP contribution in [-0.4, -0.2) is 22.6 Å². The fourth-order valence-corrected chi connectivity index (χ4v) is 3.52. The first-order valence-electron chi connectivity index (χ1n) is 7.16. The number of thiophene rings is 1. The van der Waals surface area contributed by atoms with Crippen molar-refractivity contribution in [2.45, 2.75) is 39.3 Å². The Morgan fingerprint density at radius 1 is 1.52 bits per heavy atom. The highest BCUT2D eigenvalue weighted by atomic mass is 32.1. The van der Waals surface area contributed by atoms with Crippen molar-refractivity contribution >= 4 is 17.4 Å². The number of aromatic nitrogens is 1. The van der Waals surface area contributed by atoms with Gasteiger partial charge in [0.25, 0.3) is 0 Å². The lowest BCUT2D eigenvalue weighted by Crippen LogP contribution is -2.38. The minimum absolute atomic E-state index is 0.0104. The largest absolute Gasteiger partial charge is 0.359 e. The van der Waals surface area contributed by atoms with Crippen molar-refractivity contribution in [2.24, 2.45) is 0 Å². The molecule has 5 nitrogen and oxygen atoms in total. The summed E-state index contributed by atoms with van der Waals surface area (Å²) in [7, 11) is 0. The van der Waals surface area contributed by atoms with Gasteiger partial charge in [-0.1, -0.05) is 5.16 Å². The zero-order chi connectivity index (χ0) is 14.8. The van der Waals surface area contributed by atoms with Crippen molar-refractivity contribution in [3.63, 3.8) is 0 Å². The number of urea groups is 1. The molecule has 3 heterocycles. The van der Waals surface area contributed by atoms with E-state index in [1.165, 1.54) is 9.75 Å². The van der Waals surface area contributed by atoms with Crippen LogP contribution in [0.15, 0.2) is 22.7 Å². The quantitative estimate of drug-likeness (QED) is 0.945. The number of aryl methyl sites for hydroxylation is 2. The molecule has 0 radical (unpaired) electrons. The average molecular weight is 305 g/mol. The normalized spacial score (nSPS) is 18.2. The summed E-state index contributed by atoms with van der Waals surface area (Å²) in [4.78, 5) is 16.7. The van der Waals surface area contributed by atoms with E-state index < -0.39 is 0 Å². The lowest BCUT2D eigenvalue weighted by molar-refractivity contribution is 0.182. The van der Waals surface area contributed by atoms with E-state index in [1.54, 1.807) is 11.3 Å². The molecule has 2 aromatic heterocycles. The Kier molecular flexibility index (Phi) is 3.96. The molecule has 1 fully saturated rings. The first-order chi connectivity index (χ1) is 10.1. The van der Waals surface area contributed by atoms with Crippen molar-refractivity contribution in [3.05, 3.63) is 39.4 Å². The molecule has 6 heteroatoms. The number of rotatable bonds is 3. The van der Waals surface area contributed by atoms with Crippen LogP contribution in [-0.2, 0) is 6.54 Å². The third-order valence-electron chi connectivity index (χ3n) is 3.70. The minimum Gasteiger partial charge on any atom is -0.359 e. The molecule has 0 spiro atoms. The summed E-state index contributed by atoms with van der Waals surface area (Å²) in [6.45, 7) is 5.31. The van der Waals surface area contributed by atoms with Crippen molar-refractivity contribution < 1.29 is 9.32 Å². The van der Waals surface area contributed by atoms with Crippen LogP contribution in [0, 0.1) is 13.8 Å². The molecule has 1 saturated heterocycles. The lowest BCUT2D eigenvalue weighted by Gasteiger charge is -2.22. The highest BCUT2D eigenvalue weighted by Crippen LogP contribution is 2.32. The van der Waals surface area contributed by atoms with Crippen LogP contribution in [0.25, 0.3) is 0 Å². The van der Waals surface area contributed by atoms with E-state index in [0.29, 0.717) is 6.54 Å². The summed E-state index contributed by atoms with van der Waals surface area (Å²) in [5.74, 6) is 0.784. The molecule has 1 N–H and O–H groups in total. The first kappa shape index (κ1) is 14.1. The monoisotopic (exact) mass is 305 g/mol. The topological polar surface area (TPSA) is 58.4 Å². The van der Waals surface area contributed by atoms with Crippen LogP contribution < -0.4 is 5.32 Å². The Bertz CT molecular complexity index is 634. The predicted molar refractivity (Wildman–Crippen MR) is 81.2 cm³/mol. The van der Waals surface area contributed by atoms with E-state index in [-0.39, 0.29) is 12.1 Å². The Morgan fingerprint density at radius 2 is 2.38 bits per heavy atom.